The van der Waals surface area contributed by atoms with Crippen LogP contribution in [-0.4, -0.2) is 37.2 Å². The number of aromatic nitrogens is 1. The largest absolute Gasteiger partial charge is 0.383 e. The van der Waals surface area contributed by atoms with Gasteiger partial charge in [0.1, 0.15) is 0 Å². The number of ether oxygens (including phenoxy) is 1. The molecule has 0 spiro atoms. The van der Waals surface area contributed by atoms with Crippen LogP contribution in [0.15, 0.2) is 30.5 Å². The molecule has 0 saturated heterocycles. The molecule has 0 radical (unpaired) electrons. The van der Waals surface area contributed by atoms with Gasteiger partial charge in [-0.2, -0.15) is 0 Å². The van der Waals surface area contributed by atoms with Crippen LogP contribution in [0.3, 0.4) is 0 Å². The summed E-state index contributed by atoms with van der Waals surface area (Å²) < 4.78 is 4.87. The van der Waals surface area contributed by atoms with Gasteiger partial charge in [-0.15, -0.1) is 12.4 Å². The Kier molecular flexibility index (Phi) is 6.51. The Morgan fingerprint density at radius 3 is 2.95 bits per heavy atom. The minimum absolute atomic E-state index is 0. The van der Waals surface area contributed by atoms with Crippen molar-refractivity contribution < 1.29 is 9.53 Å². The van der Waals surface area contributed by atoms with E-state index in [1.165, 1.54) is 0 Å². The van der Waals surface area contributed by atoms with Gasteiger partial charge in [-0.3, -0.25) is 4.79 Å². The SMILES string of the molecule is COCCNC(=O)[C@@H](N)Cc1c[nH]c2ccccc12.Cl. The molecule has 0 aliphatic rings. The average Bonchev–Trinajstić information content (AvgIpc) is 2.82. The second-order valence-corrected chi connectivity index (χ2v) is 4.45. The number of hydrogen-bond acceptors (Lipinski definition) is 3. The molecule has 1 heterocycles. The van der Waals surface area contributed by atoms with Gasteiger partial charge >= 0.3 is 0 Å². The van der Waals surface area contributed by atoms with Crippen LogP contribution >= 0.6 is 12.4 Å². The standard InChI is InChI=1S/C14H19N3O2.ClH/c1-19-7-6-16-14(18)12(15)8-10-9-17-13-5-3-2-4-11(10)13;/h2-5,9,12,17H,6-8,15H2,1H3,(H,16,18);1H/t12-;/m0./s1. The number of H-pyrrole nitrogens is 1. The summed E-state index contributed by atoms with van der Waals surface area (Å²) in [7, 11) is 1.60. The third-order valence-corrected chi connectivity index (χ3v) is 3.06. The van der Waals surface area contributed by atoms with Crippen LogP contribution in [0.25, 0.3) is 10.9 Å². The molecule has 6 heteroatoms. The molecule has 2 aromatic rings. The maximum absolute atomic E-state index is 11.8. The maximum Gasteiger partial charge on any atom is 0.237 e. The Labute approximate surface area is 124 Å². The fourth-order valence-corrected chi connectivity index (χ4v) is 2.04. The van der Waals surface area contributed by atoms with E-state index in [0.29, 0.717) is 19.6 Å². The molecule has 0 aliphatic heterocycles. The Hall–Kier alpha value is -1.56. The number of carbonyl (C=O) groups is 1. The molecule has 0 fully saturated rings. The van der Waals surface area contributed by atoms with Crippen molar-refractivity contribution >= 4 is 29.2 Å². The molecule has 0 saturated carbocycles. The van der Waals surface area contributed by atoms with Gasteiger partial charge in [-0.1, -0.05) is 18.2 Å². The Balaban J connectivity index is 0.00000200. The van der Waals surface area contributed by atoms with Gasteiger partial charge in [0.15, 0.2) is 0 Å². The van der Waals surface area contributed by atoms with Crippen LogP contribution < -0.4 is 11.1 Å². The summed E-state index contributed by atoms with van der Waals surface area (Å²) in [6, 6.07) is 7.43. The molecule has 110 valence electrons. The zero-order chi connectivity index (χ0) is 13.7. The highest BCUT2D eigenvalue weighted by Crippen LogP contribution is 2.18. The highest BCUT2D eigenvalue weighted by atomic mass is 35.5. The number of nitrogens with one attached hydrogen (secondary N) is 2. The molecule has 0 bridgehead atoms. The predicted molar refractivity (Wildman–Crippen MR) is 82.1 cm³/mol. The van der Waals surface area contributed by atoms with Gasteiger partial charge in [0.25, 0.3) is 0 Å². The summed E-state index contributed by atoms with van der Waals surface area (Å²) in [5.41, 5.74) is 8.03. The number of amides is 1. The van der Waals surface area contributed by atoms with Gasteiger partial charge in [0.2, 0.25) is 5.91 Å². The Morgan fingerprint density at radius 2 is 2.20 bits per heavy atom. The second kappa shape index (κ2) is 7.89. The van der Waals surface area contributed by atoms with Crippen molar-refractivity contribution in [2.75, 3.05) is 20.3 Å². The molecule has 20 heavy (non-hydrogen) atoms. The number of para-hydroxylation sites is 1. The Morgan fingerprint density at radius 1 is 1.45 bits per heavy atom. The van der Waals surface area contributed by atoms with Crippen LogP contribution in [0.5, 0.6) is 0 Å². The highest BCUT2D eigenvalue weighted by Gasteiger charge is 2.15. The van der Waals surface area contributed by atoms with E-state index in [4.69, 9.17) is 10.5 Å². The number of aromatic amines is 1. The first-order valence-electron chi connectivity index (χ1n) is 6.29. The number of nitrogens with two attached hydrogens (primary N) is 1. The van der Waals surface area contributed by atoms with E-state index in [-0.39, 0.29) is 18.3 Å². The third kappa shape index (κ3) is 3.96. The summed E-state index contributed by atoms with van der Waals surface area (Å²) in [4.78, 5) is 15.0. The van der Waals surface area contributed by atoms with E-state index in [2.05, 4.69) is 10.3 Å². The van der Waals surface area contributed by atoms with Crippen molar-refractivity contribution in [1.82, 2.24) is 10.3 Å². The molecule has 1 amide bonds. The number of halogens is 1. The lowest BCUT2D eigenvalue weighted by Crippen LogP contribution is -2.43. The van der Waals surface area contributed by atoms with Gasteiger partial charge in [0.05, 0.1) is 12.6 Å². The zero-order valence-electron chi connectivity index (χ0n) is 11.4. The van der Waals surface area contributed by atoms with Crippen molar-refractivity contribution in [2.24, 2.45) is 5.73 Å². The van der Waals surface area contributed by atoms with Crippen molar-refractivity contribution in [3.8, 4) is 0 Å². The van der Waals surface area contributed by atoms with E-state index in [1.807, 2.05) is 30.5 Å². The lowest BCUT2D eigenvalue weighted by molar-refractivity contribution is -0.122. The first-order chi connectivity index (χ1) is 9.22. The fraction of sp³-hybridized carbons (Fsp3) is 0.357. The first kappa shape index (κ1) is 16.5. The lowest BCUT2D eigenvalue weighted by Gasteiger charge is -2.11. The zero-order valence-corrected chi connectivity index (χ0v) is 12.2. The molecule has 2 rings (SSSR count). The van der Waals surface area contributed by atoms with Crippen molar-refractivity contribution in [3.63, 3.8) is 0 Å². The van der Waals surface area contributed by atoms with Crippen LogP contribution in [0.1, 0.15) is 5.56 Å². The normalized spacial score (nSPS) is 11.9. The number of benzene rings is 1. The lowest BCUT2D eigenvalue weighted by atomic mass is 10.1. The van der Waals surface area contributed by atoms with Crippen LogP contribution in [-0.2, 0) is 16.0 Å². The van der Waals surface area contributed by atoms with Gasteiger partial charge in [-0.25, -0.2) is 0 Å². The quantitative estimate of drug-likeness (QED) is 0.701. The summed E-state index contributed by atoms with van der Waals surface area (Å²) >= 11 is 0. The summed E-state index contributed by atoms with van der Waals surface area (Å²) in [5, 5.41) is 3.86. The maximum atomic E-state index is 11.8. The summed E-state index contributed by atoms with van der Waals surface area (Å²) in [5.74, 6) is -0.151. The van der Waals surface area contributed by atoms with Crippen molar-refractivity contribution in [3.05, 3.63) is 36.0 Å². The molecule has 1 aromatic carbocycles. The van der Waals surface area contributed by atoms with Crippen LogP contribution in [0.2, 0.25) is 0 Å². The van der Waals surface area contributed by atoms with E-state index in [9.17, 15) is 4.79 Å². The molecule has 0 unspecified atom stereocenters. The fourth-order valence-electron chi connectivity index (χ4n) is 2.04. The highest BCUT2D eigenvalue weighted by molar-refractivity contribution is 5.86. The smallest absolute Gasteiger partial charge is 0.237 e. The molecule has 0 aliphatic carbocycles. The number of rotatable bonds is 6. The predicted octanol–water partition coefficient (Wildman–Crippen LogP) is 1.22. The van der Waals surface area contributed by atoms with Gasteiger partial charge in [0, 0.05) is 30.8 Å². The molecule has 4 N–H and O–H groups in total. The first-order valence-corrected chi connectivity index (χ1v) is 6.29. The monoisotopic (exact) mass is 297 g/mol. The summed E-state index contributed by atoms with van der Waals surface area (Å²) in [6.45, 7) is 0.975. The Bertz CT molecular complexity index is 556. The van der Waals surface area contributed by atoms with E-state index in [1.54, 1.807) is 7.11 Å². The second-order valence-electron chi connectivity index (χ2n) is 4.45. The van der Waals surface area contributed by atoms with E-state index >= 15 is 0 Å². The van der Waals surface area contributed by atoms with Crippen LogP contribution in [0, 0.1) is 0 Å². The van der Waals surface area contributed by atoms with Crippen molar-refractivity contribution in [1.29, 1.82) is 0 Å². The average molecular weight is 298 g/mol. The van der Waals surface area contributed by atoms with Gasteiger partial charge in [-0.05, 0) is 18.1 Å². The number of carbonyl (C=O) groups excluding carboxylic acids is 1. The topological polar surface area (TPSA) is 80.1 Å². The van der Waals surface area contributed by atoms with Gasteiger partial charge < -0.3 is 20.8 Å². The van der Waals surface area contributed by atoms with Crippen molar-refractivity contribution in [2.45, 2.75) is 12.5 Å². The number of hydrogen-bond donors (Lipinski definition) is 3. The molecular formula is C14H20ClN3O2. The van der Waals surface area contributed by atoms with E-state index in [0.717, 1.165) is 16.5 Å². The molecule has 1 atom stereocenters. The minimum atomic E-state index is -0.545. The minimum Gasteiger partial charge on any atom is -0.383 e. The number of methoxy groups -OCH3 is 1. The van der Waals surface area contributed by atoms with Crippen LogP contribution in [0.4, 0.5) is 0 Å². The number of fused-ring (bicyclic) bond motifs is 1. The van der Waals surface area contributed by atoms with E-state index < -0.39 is 6.04 Å². The molecular weight excluding hydrogens is 278 g/mol. The molecule has 1 aromatic heterocycles. The third-order valence-electron chi connectivity index (χ3n) is 3.06. The summed E-state index contributed by atoms with van der Waals surface area (Å²) in [6.07, 6.45) is 2.43. The molecule has 5 nitrogen and oxygen atoms in total.